The SMILES string of the molecule is CCc1nnc(SCC(=O)Nc2cccc(Cl)c2)nc1CC. The Labute approximate surface area is 138 Å². The number of amides is 1. The molecule has 1 heterocycles. The fraction of sp³-hybridized carbons (Fsp3) is 0.333. The summed E-state index contributed by atoms with van der Waals surface area (Å²) in [5.74, 6) is 0.0940. The maximum Gasteiger partial charge on any atom is 0.234 e. The molecule has 2 rings (SSSR count). The van der Waals surface area contributed by atoms with Crippen molar-refractivity contribution in [2.24, 2.45) is 0 Å². The van der Waals surface area contributed by atoms with Crippen molar-refractivity contribution < 1.29 is 4.79 Å². The Bertz CT molecular complexity index is 666. The van der Waals surface area contributed by atoms with Gasteiger partial charge in [0.2, 0.25) is 11.1 Å². The Hall–Kier alpha value is -1.66. The number of thioether (sulfide) groups is 1. The molecular formula is C15H17ClN4OS. The van der Waals surface area contributed by atoms with Crippen molar-refractivity contribution in [3.63, 3.8) is 0 Å². The van der Waals surface area contributed by atoms with E-state index in [0.717, 1.165) is 24.2 Å². The molecule has 5 nitrogen and oxygen atoms in total. The van der Waals surface area contributed by atoms with Gasteiger partial charge >= 0.3 is 0 Å². The van der Waals surface area contributed by atoms with E-state index in [1.807, 2.05) is 13.8 Å². The van der Waals surface area contributed by atoms with Crippen molar-refractivity contribution in [3.05, 3.63) is 40.7 Å². The highest BCUT2D eigenvalue weighted by atomic mass is 35.5. The predicted molar refractivity (Wildman–Crippen MR) is 89.4 cm³/mol. The predicted octanol–water partition coefficient (Wildman–Crippen LogP) is 3.38. The third-order valence-electron chi connectivity index (χ3n) is 2.93. The monoisotopic (exact) mass is 336 g/mol. The van der Waals surface area contributed by atoms with Gasteiger partial charge in [-0.25, -0.2) is 4.98 Å². The number of carbonyl (C=O) groups excluding carboxylic acids is 1. The molecule has 1 N–H and O–H groups in total. The van der Waals surface area contributed by atoms with Crippen molar-refractivity contribution in [2.75, 3.05) is 11.1 Å². The Kier molecular flexibility index (Phi) is 6.15. The quantitative estimate of drug-likeness (QED) is 0.819. The zero-order valence-corrected chi connectivity index (χ0v) is 14.0. The van der Waals surface area contributed by atoms with E-state index in [-0.39, 0.29) is 11.7 Å². The van der Waals surface area contributed by atoms with Crippen LogP contribution in [0.1, 0.15) is 25.2 Å². The first kappa shape index (κ1) is 16.7. The number of aryl methyl sites for hydroxylation is 2. The zero-order valence-electron chi connectivity index (χ0n) is 12.5. The minimum Gasteiger partial charge on any atom is -0.325 e. The number of nitrogens with zero attached hydrogens (tertiary/aromatic N) is 3. The van der Waals surface area contributed by atoms with E-state index in [9.17, 15) is 4.79 Å². The van der Waals surface area contributed by atoms with Crippen molar-refractivity contribution in [1.29, 1.82) is 0 Å². The van der Waals surface area contributed by atoms with Crippen LogP contribution in [0.2, 0.25) is 5.02 Å². The average Bonchev–Trinajstić information content (AvgIpc) is 2.52. The lowest BCUT2D eigenvalue weighted by Gasteiger charge is -2.06. The molecule has 22 heavy (non-hydrogen) atoms. The largest absolute Gasteiger partial charge is 0.325 e. The molecule has 0 radical (unpaired) electrons. The number of benzene rings is 1. The van der Waals surface area contributed by atoms with Crippen LogP contribution in [0, 0.1) is 0 Å². The molecule has 0 atom stereocenters. The molecular weight excluding hydrogens is 320 g/mol. The van der Waals surface area contributed by atoms with Crippen molar-refractivity contribution in [3.8, 4) is 0 Å². The van der Waals surface area contributed by atoms with Gasteiger partial charge in [-0.1, -0.05) is 43.3 Å². The van der Waals surface area contributed by atoms with Crippen LogP contribution in [0.15, 0.2) is 29.4 Å². The number of aromatic nitrogens is 3. The van der Waals surface area contributed by atoms with Crippen LogP contribution in [-0.4, -0.2) is 26.8 Å². The molecule has 1 aromatic carbocycles. The second-order valence-electron chi connectivity index (χ2n) is 4.54. The van der Waals surface area contributed by atoms with Gasteiger partial charge in [0, 0.05) is 10.7 Å². The fourth-order valence-corrected chi connectivity index (χ4v) is 2.67. The maximum absolute atomic E-state index is 11.9. The number of halogens is 1. The minimum absolute atomic E-state index is 0.131. The van der Waals surface area contributed by atoms with E-state index in [1.54, 1.807) is 24.3 Å². The molecule has 0 spiro atoms. The van der Waals surface area contributed by atoms with E-state index >= 15 is 0 Å². The van der Waals surface area contributed by atoms with Crippen LogP contribution in [0.4, 0.5) is 5.69 Å². The molecule has 0 aliphatic carbocycles. The van der Waals surface area contributed by atoms with Gasteiger partial charge in [-0.2, -0.15) is 5.10 Å². The summed E-state index contributed by atoms with van der Waals surface area (Å²) in [6, 6.07) is 7.04. The van der Waals surface area contributed by atoms with Gasteiger partial charge in [-0.05, 0) is 31.0 Å². The van der Waals surface area contributed by atoms with Crippen LogP contribution in [-0.2, 0) is 17.6 Å². The van der Waals surface area contributed by atoms with E-state index in [2.05, 4.69) is 20.5 Å². The second-order valence-corrected chi connectivity index (χ2v) is 5.92. The highest BCUT2D eigenvalue weighted by Crippen LogP contribution is 2.17. The van der Waals surface area contributed by atoms with E-state index in [4.69, 9.17) is 11.6 Å². The molecule has 7 heteroatoms. The summed E-state index contributed by atoms with van der Waals surface area (Å²) in [7, 11) is 0. The van der Waals surface area contributed by atoms with E-state index in [0.29, 0.717) is 15.9 Å². The minimum atomic E-state index is -0.131. The standard InChI is InChI=1S/C15H17ClN4OS/c1-3-12-13(4-2)19-20-15(18-12)22-9-14(21)17-11-7-5-6-10(16)8-11/h5-8H,3-4,9H2,1-2H3,(H,17,21). The first-order chi connectivity index (χ1) is 10.6. The molecule has 0 fully saturated rings. The zero-order chi connectivity index (χ0) is 15.9. The van der Waals surface area contributed by atoms with Crippen LogP contribution in [0.5, 0.6) is 0 Å². The molecule has 0 aliphatic rings. The Morgan fingerprint density at radius 2 is 2.00 bits per heavy atom. The fourth-order valence-electron chi connectivity index (χ4n) is 1.88. The lowest BCUT2D eigenvalue weighted by Crippen LogP contribution is -2.14. The summed E-state index contributed by atoms with van der Waals surface area (Å²) in [5.41, 5.74) is 2.53. The van der Waals surface area contributed by atoms with Crippen molar-refractivity contribution in [1.82, 2.24) is 15.2 Å². The number of hydrogen-bond donors (Lipinski definition) is 1. The van der Waals surface area contributed by atoms with Crippen LogP contribution >= 0.6 is 23.4 Å². The Balaban J connectivity index is 1.93. The van der Waals surface area contributed by atoms with E-state index < -0.39 is 0 Å². The Morgan fingerprint density at radius 3 is 2.68 bits per heavy atom. The number of anilines is 1. The average molecular weight is 337 g/mol. The summed E-state index contributed by atoms with van der Waals surface area (Å²) in [5, 5.41) is 12.1. The summed E-state index contributed by atoms with van der Waals surface area (Å²) < 4.78 is 0. The van der Waals surface area contributed by atoms with Crippen LogP contribution in [0.25, 0.3) is 0 Å². The van der Waals surface area contributed by atoms with Gasteiger partial charge in [0.1, 0.15) is 0 Å². The highest BCUT2D eigenvalue weighted by molar-refractivity contribution is 7.99. The van der Waals surface area contributed by atoms with Gasteiger partial charge in [0.15, 0.2) is 0 Å². The molecule has 116 valence electrons. The second kappa shape index (κ2) is 8.10. The number of nitrogens with one attached hydrogen (secondary N) is 1. The summed E-state index contributed by atoms with van der Waals surface area (Å²) >= 11 is 7.15. The first-order valence-corrected chi connectivity index (χ1v) is 8.39. The van der Waals surface area contributed by atoms with Crippen molar-refractivity contribution in [2.45, 2.75) is 31.8 Å². The topological polar surface area (TPSA) is 67.8 Å². The molecule has 0 saturated carbocycles. The molecule has 0 aliphatic heterocycles. The van der Waals surface area contributed by atoms with Gasteiger partial charge in [0.25, 0.3) is 0 Å². The third kappa shape index (κ3) is 4.68. The first-order valence-electron chi connectivity index (χ1n) is 7.03. The third-order valence-corrected chi connectivity index (χ3v) is 4.00. The Morgan fingerprint density at radius 1 is 1.23 bits per heavy atom. The maximum atomic E-state index is 11.9. The number of rotatable bonds is 6. The van der Waals surface area contributed by atoms with Gasteiger partial charge in [-0.3, -0.25) is 4.79 Å². The molecule has 2 aromatic rings. The lowest BCUT2D eigenvalue weighted by atomic mass is 10.2. The molecule has 1 aromatic heterocycles. The summed E-state index contributed by atoms with van der Waals surface area (Å²) in [6.07, 6.45) is 1.62. The normalized spacial score (nSPS) is 10.5. The van der Waals surface area contributed by atoms with Gasteiger partial charge in [-0.15, -0.1) is 5.10 Å². The molecule has 1 amide bonds. The van der Waals surface area contributed by atoms with Gasteiger partial charge in [0.05, 0.1) is 17.1 Å². The lowest BCUT2D eigenvalue weighted by molar-refractivity contribution is -0.113. The summed E-state index contributed by atoms with van der Waals surface area (Å²) in [6.45, 7) is 4.06. The smallest absolute Gasteiger partial charge is 0.234 e. The van der Waals surface area contributed by atoms with Crippen LogP contribution < -0.4 is 5.32 Å². The van der Waals surface area contributed by atoms with Crippen molar-refractivity contribution >= 4 is 35.0 Å². The molecule has 0 bridgehead atoms. The summed E-state index contributed by atoms with van der Waals surface area (Å²) in [4.78, 5) is 16.4. The highest BCUT2D eigenvalue weighted by Gasteiger charge is 2.09. The molecule has 0 saturated heterocycles. The van der Waals surface area contributed by atoms with Gasteiger partial charge < -0.3 is 5.32 Å². The van der Waals surface area contributed by atoms with Crippen LogP contribution in [0.3, 0.4) is 0 Å². The van der Waals surface area contributed by atoms with E-state index in [1.165, 1.54) is 11.8 Å². The molecule has 0 unspecified atom stereocenters. The number of hydrogen-bond acceptors (Lipinski definition) is 5. The number of carbonyl (C=O) groups is 1.